The fraction of sp³-hybridized carbons (Fsp3) is 0.848. The van der Waals surface area contributed by atoms with Crippen LogP contribution in [0.15, 0.2) is 35.5 Å². The van der Waals surface area contributed by atoms with Crippen LogP contribution in [0.2, 0.25) is 0 Å². The zero-order chi connectivity index (χ0) is 37.9. The largest absolute Gasteiger partial charge is 0.466 e. The molecular formula is C46H72N2O4S. The fourth-order valence-electron chi connectivity index (χ4n) is 15.8. The van der Waals surface area contributed by atoms with Gasteiger partial charge in [0.15, 0.2) is 0 Å². The number of allylic oxidation sites excluding steroid dienone is 5. The van der Waals surface area contributed by atoms with Gasteiger partial charge in [-0.25, -0.2) is 8.42 Å². The van der Waals surface area contributed by atoms with E-state index in [2.05, 4.69) is 70.5 Å². The van der Waals surface area contributed by atoms with Crippen molar-refractivity contribution in [1.82, 2.24) is 10.2 Å². The van der Waals surface area contributed by atoms with E-state index in [1.807, 2.05) is 6.92 Å². The monoisotopic (exact) mass is 749 g/mol. The second-order valence-corrected chi connectivity index (χ2v) is 23.4. The first-order chi connectivity index (χ1) is 24.9. The van der Waals surface area contributed by atoms with E-state index in [1.54, 1.807) is 5.57 Å². The summed E-state index contributed by atoms with van der Waals surface area (Å²) in [6.07, 6.45) is 20.8. The van der Waals surface area contributed by atoms with E-state index in [0.717, 1.165) is 51.4 Å². The number of sulfone groups is 1. The first-order valence-electron chi connectivity index (χ1n) is 21.8. The van der Waals surface area contributed by atoms with Gasteiger partial charge in [0.2, 0.25) is 0 Å². The highest BCUT2D eigenvalue weighted by Gasteiger charge is 2.70. The summed E-state index contributed by atoms with van der Waals surface area (Å²) in [5, 5.41) is 4.12. The summed E-state index contributed by atoms with van der Waals surface area (Å²) < 4.78 is 29.7. The number of fused-ring (bicyclic) bond motifs is 8. The molecule has 8 rings (SSSR count). The van der Waals surface area contributed by atoms with E-state index < -0.39 is 9.84 Å². The van der Waals surface area contributed by atoms with Crippen LogP contribution in [0.3, 0.4) is 0 Å². The zero-order valence-electron chi connectivity index (χ0n) is 34.6. The van der Waals surface area contributed by atoms with E-state index in [4.69, 9.17) is 4.74 Å². The van der Waals surface area contributed by atoms with Crippen LogP contribution in [-0.2, 0) is 19.4 Å². The van der Waals surface area contributed by atoms with E-state index in [-0.39, 0.29) is 28.1 Å². The number of ether oxygens (including phenoxy) is 1. The molecule has 0 radical (unpaired) electrons. The lowest BCUT2D eigenvalue weighted by atomic mass is 9.33. The van der Waals surface area contributed by atoms with Crippen molar-refractivity contribution in [3.05, 3.63) is 35.5 Å². The van der Waals surface area contributed by atoms with Crippen molar-refractivity contribution in [2.24, 2.45) is 69.0 Å². The fourth-order valence-corrected chi connectivity index (χ4v) is 16.9. The number of piperidine rings is 1. The molecule has 7 heteroatoms. The van der Waals surface area contributed by atoms with Crippen LogP contribution < -0.4 is 5.32 Å². The molecule has 0 aromatic heterocycles. The van der Waals surface area contributed by atoms with Gasteiger partial charge in [-0.15, -0.1) is 0 Å². The third kappa shape index (κ3) is 5.78. The molecule has 1 N–H and O–H groups in total. The van der Waals surface area contributed by atoms with E-state index in [1.165, 1.54) is 75.2 Å². The van der Waals surface area contributed by atoms with Crippen LogP contribution in [-0.4, -0.2) is 69.1 Å². The SMILES string of the molecule is C=C(C)C1CCC2(NCCN3CCC(S(C)(=O)=O)CC3)CCC3(C)C(CCC4C5(C)CC=C(C6=CC7C(C6)C7C(=O)OCC)C(C)(C)C5CCC43C)C12. The summed E-state index contributed by atoms with van der Waals surface area (Å²) in [5.74, 6) is 4.33. The first kappa shape index (κ1) is 38.4. The summed E-state index contributed by atoms with van der Waals surface area (Å²) >= 11 is 0. The maximum Gasteiger partial charge on any atom is 0.309 e. The number of hydrogen-bond donors (Lipinski definition) is 1. The molecule has 0 spiro atoms. The van der Waals surface area contributed by atoms with E-state index >= 15 is 0 Å². The summed E-state index contributed by atoms with van der Waals surface area (Å²) in [6, 6.07) is 0. The number of esters is 1. The predicted octanol–water partition coefficient (Wildman–Crippen LogP) is 8.79. The minimum absolute atomic E-state index is 0.0181. The Kier molecular flexibility index (Phi) is 9.46. The van der Waals surface area contributed by atoms with Gasteiger partial charge in [0.05, 0.1) is 17.8 Å². The molecule has 6 fully saturated rings. The highest BCUT2D eigenvalue weighted by atomic mass is 32.2. The molecule has 0 bridgehead atoms. The van der Waals surface area contributed by atoms with Gasteiger partial charge in [-0.3, -0.25) is 4.79 Å². The molecule has 0 amide bonds. The number of rotatable bonds is 9. The number of likely N-dealkylation sites (tertiary alicyclic amines) is 1. The van der Waals surface area contributed by atoms with Crippen LogP contribution in [0.1, 0.15) is 126 Å². The molecule has 53 heavy (non-hydrogen) atoms. The van der Waals surface area contributed by atoms with Crippen LogP contribution in [0, 0.1) is 69.0 Å². The van der Waals surface area contributed by atoms with Gasteiger partial charge in [-0.05, 0) is 178 Å². The lowest BCUT2D eigenvalue weighted by molar-refractivity contribution is -0.221. The summed E-state index contributed by atoms with van der Waals surface area (Å²) in [7, 11) is -2.94. The lowest BCUT2D eigenvalue weighted by Crippen LogP contribution is -2.68. The Morgan fingerprint density at radius 2 is 1.70 bits per heavy atom. The molecule has 7 aliphatic carbocycles. The molecule has 8 aliphatic rings. The molecule has 5 saturated carbocycles. The van der Waals surface area contributed by atoms with Gasteiger partial charge < -0.3 is 15.0 Å². The molecule has 12 atom stereocenters. The van der Waals surface area contributed by atoms with Crippen LogP contribution in [0.25, 0.3) is 0 Å². The van der Waals surface area contributed by atoms with Gasteiger partial charge in [-0.2, -0.15) is 0 Å². The second kappa shape index (κ2) is 13.0. The molecule has 1 aliphatic heterocycles. The molecule has 0 aromatic rings. The average molecular weight is 749 g/mol. The smallest absolute Gasteiger partial charge is 0.309 e. The molecule has 12 unspecified atom stereocenters. The Morgan fingerprint density at radius 1 is 0.962 bits per heavy atom. The molecule has 1 saturated heterocycles. The highest BCUT2D eigenvalue weighted by molar-refractivity contribution is 7.91. The highest BCUT2D eigenvalue weighted by Crippen LogP contribution is 2.77. The molecular weight excluding hydrogens is 677 g/mol. The van der Waals surface area contributed by atoms with Crippen molar-refractivity contribution in [1.29, 1.82) is 0 Å². The summed E-state index contributed by atoms with van der Waals surface area (Å²) in [5.41, 5.74) is 5.79. The Morgan fingerprint density at radius 3 is 2.34 bits per heavy atom. The maximum absolute atomic E-state index is 12.5. The Labute approximate surface area is 322 Å². The van der Waals surface area contributed by atoms with Gasteiger partial charge in [0.25, 0.3) is 0 Å². The number of nitrogens with zero attached hydrogens (tertiary/aromatic N) is 1. The number of carbonyl (C=O) groups excluding carboxylic acids is 1. The molecule has 0 aromatic carbocycles. The maximum atomic E-state index is 12.5. The minimum Gasteiger partial charge on any atom is -0.466 e. The number of hydrogen-bond acceptors (Lipinski definition) is 6. The van der Waals surface area contributed by atoms with Crippen molar-refractivity contribution in [3.8, 4) is 0 Å². The van der Waals surface area contributed by atoms with Crippen LogP contribution >= 0.6 is 0 Å². The van der Waals surface area contributed by atoms with Gasteiger partial charge in [-0.1, -0.05) is 58.9 Å². The van der Waals surface area contributed by atoms with E-state index in [0.29, 0.717) is 58.4 Å². The molecule has 6 nitrogen and oxygen atoms in total. The zero-order valence-corrected chi connectivity index (χ0v) is 35.4. The summed E-state index contributed by atoms with van der Waals surface area (Å²) in [6.45, 7) is 26.5. The minimum atomic E-state index is -2.94. The second-order valence-electron chi connectivity index (χ2n) is 21.1. The van der Waals surface area contributed by atoms with Crippen molar-refractivity contribution in [2.45, 2.75) is 136 Å². The van der Waals surface area contributed by atoms with Crippen molar-refractivity contribution in [2.75, 3.05) is 39.0 Å². The van der Waals surface area contributed by atoms with E-state index in [9.17, 15) is 13.2 Å². The Balaban J connectivity index is 1.00. The summed E-state index contributed by atoms with van der Waals surface area (Å²) in [4.78, 5) is 15.0. The third-order valence-corrected chi connectivity index (χ3v) is 20.4. The van der Waals surface area contributed by atoms with Gasteiger partial charge in [0, 0.05) is 24.9 Å². The number of nitrogens with one attached hydrogen (secondary N) is 1. The van der Waals surface area contributed by atoms with Crippen LogP contribution in [0.4, 0.5) is 0 Å². The third-order valence-electron chi connectivity index (χ3n) is 18.7. The Hall–Kier alpha value is -1.44. The van der Waals surface area contributed by atoms with Crippen molar-refractivity contribution >= 4 is 15.8 Å². The van der Waals surface area contributed by atoms with Crippen LogP contribution in [0.5, 0.6) is 0 Å². The standard InChI is InChI=1S/C46H72N2O4S/c1-10-52-41(49)39-33-27-30(28-34(33)39)35-14-18-43(6)37(42(35,4)5)15-19-45(8)38(43)12-11-36-40-32(29(2)3)13-20-46(40,22-21-44(36,45)7)47-23-26-48-24-16-31(17-25-48)53(9,50)51/h14,27,31-34,36-40,47H,2,10-13,15-26,28H2,1,3-9H3. The number of carbonyl (C=O) groups is 1. The van der Waals surface area contributed by atoms with Gasteiger partial charge in [0.1, 0.15) is 9.84 Å². The molecule has 296 valence electrons. The quantitative estimate of drug-likeness (QED) is 0.188. The van der Waals surface area contributed by atoms with Crippen molar-refractivity contribution in [3.63, 3.8) is 0 Å². The topological polar surface area (TPSA) is 75.7 Å². The normalized spacial score (nSPS) is 46.2. The van der Waals surface area contributed by atoms with Crippen molar-refractivity contribution < 1.29 is 17.9 Å². The Bertz CT molecular complexity index is 1670. The molecule has 1 heterocycles. The predicted molar refractivity (Wildman–Crippen MR) is 215 cm³/mol. The van der Waals surface area contributed by atoms with Gasteiger partial charge >= 0.3 is 5.97 Å². The first-order valence-corrected chi connectivity index (χ1v) is 23.8. The lowest BCUT2D eigenvalue weighted by Gasteiger charge is -2.72. The average Bonchev–Trinajstić information content (AvgIpc) is 3.37.